The molecule has 404 valence electrons. The highest BCUT2D eigenvalue weighted by atomic mass is 19.1. The number of aromatic amines is 2. The molecule has 0 aliphatic carbocycles. The maximum atomic E-state index is 13.9. The van der Waals surface area contributed by atoms with Crippen LogP contribution in [0.15, 0.2) is 103 Å². The summed E-state index contributed by atoms with van der Waals surface area (Å²) in [6.45, 7) is 8.90. The Hall–Kier alpha value is -8.01. The van der Waals surface area contributed by atoms with Gasteiger partial charge in [-0.25, -0.2) is 24.3 Å². The Morgan fingerprint density at radius 2 is 1.46 bits per heavy atom. The van der Waals surface area contributed by atoms with E-state index in [4.69, 9.17) is 24.5 Å². The van der Waals surface area contributed by atoms with Crippen molar-refractivity contribution in [1.82, 2.24) is 66.5 Å². The quantitative estimate of drug-likeness (QED) is 0.0579. The van der Waals surface area contributed by atoms with Crippen LogP contribution in [0.1, 0.15) is 126 Å². The molecule has 8 heterocycles. The number of benzene rings is 4. The molecule has 1 unspecified atom stereocenters. The first-order valence-corrected chi connectivity index (χ1v) is 27.0. The van der Waals surface area contributed by atoms with E-state index in [9.17, 15) is 14.0 Å². The van der Waals surface area contributed by atoms with Gasteiger partial charge >= 0.3 is 0 Å². The number of para-hydroxylation sites is 1. The SMILES string of the molecule is CN1CCC(Nc2cccc(C(=O)N[C@@H]3CC(C)(C)Oc4ccccc43)c2)(c2n[nH]c(C3CCN(c4cc(-c5n[nH]c(C6(Nc7cccc(C(=O)N[C@H]8CCOc9cc(F)ccc98)c7)CCNCC6)n5)ncn4)CN3)n2)CC1. The smallest absolute Gasteiger partial charge is 0.251 e. The minimum atomic E-state index is -0.610. The van der Waals surface area contributed by atoms with E-state index < -0.39 is 16.7 Å². The Labute approximate surface area is 451 Å². The largest absolute Gasteiger partial charge is 0.493 e. The lowest BCUT2D eigenvalue weighted by Gasteiger charge is -2.40. The standard InChI is InChI=1S/C57H65FN16O4/c1-55(2)32-45(40-12-4-5-13-46(40)78-55)64-52(76)36-9-7-11-39(29-36)68-57(20-25-73(3)26-21-57)54-65-49(69-72-54)43-16-24-74(34-62-43)48-31-44(60-33-61-48)50-66-53(71-70-50)56(18-22-59-23-19-56)67-38-10-6-8-35(28-38)51(75)63-42-17-27-77-47-30-37(58)14-15-41(42)47/h4-15,28-31,33,42-43,45,59,62,67-68H,16-27,32,34H2,1-3H3,(H,63,75)(H,64,76)(H,65,69,72)(H,66,70,71)/t42-,43?,45+/m0/s1. The lowest BCUT2D eigenvalue weighted by molar-refractivity contribution is 0.0619. The molecule has 20 nitrogen and oxygen atoms in total. The van der Waals surface area contributed by atoms with E-state index in [1.807, 2.05) is 86.6 Å². The normalized spacial score (nSPS) is 21.4. The number of ether oxygens (including phenoxy) is 2. The maximum absolute atomic E-state index is 13.9. The van der Waals surface area contributed by atoms with Crippen LogP contribution in [-0.2, 0) is 11.1 Å². The van der Waals surface area contributed by atoms with Gasteiger partial charge in [0.2, 0.25) is 0 Å². The van der Waals surface area contributed by atoms with Crippen LogP contribution >= 0.6 is 0 Å². The van der Waals surface area contributed by atoms with Gasteiger partial charge in [-0.2, -0.15) is 10.2 Å². The molecule has 21 heteroatoms. The van der Waals surface area contributed by atoms with Gasteiger partial charge in [-0.05, 0) is 115 Å². The molecular formula is C57H65FN16O4. The van der Waals surface area contributed by atoms with Crippen LogP contribution in [0.3, 0.4) is 0 Å². The van der Waals surface area contributed by atoms with Gasteiger partial charge in [0, 0.05) is 78.2 Å². The van der Waals surface area contributed by atoms with Crippen molar-refractivity contribution >= 4 is 29.0 Å². The molecular weight excluding hydrogens is 992 g/mol. The summed E-state index contributed by atoms with van der Waals surface area (Å²) in [6.07, 6.45) is 6.51. The highest BCUT2D eigenvalue weighted by molar-refractivity contribution is 5.96. The van der Waals surface area contributed by atoms with Crippen LogP contribution < -0.4 is 46.3 Å². The minimum Gasteiger partial charge on any atom is -0.493 e. The summed E-state index contributed by atoms with van der Waals surface area (Å²) >= 11 is 0. The summed E-state index contributed by atoms with van der Waals surface area (Å²) in [6, 6.07) is 28.8. The molecule has 3 atom stereocenters. The Morgan fingerprint density at radius 3 is 2.22 bits per heavy atom. The zero-order chi connectivity index (χ0) is 53.4. The monoisotopic (exact) mass is 1060 g/mol. The molecule has 3 aromatic heterocycles. The van der Waals surface area contributed by atoms with Crippen LogP contribution in [-0.4, -0.2) is 116 Å². The van der Waals surface area contributed by atoms with Crippen molar-refractivity contribution in [3.63, 3.8) is 0 Å². The van der Waals surface area contributed by atoms with Crippen LogP contribution in [0.2, 0.25) is 0 Å². The van der Waals surface area contributed by atoms with E-state index >= 15 is 0 Å². The number of nitrogens with zero attached hydrogens (tertiary/aromatic N) is 8. The van der Waals surface area contributed by atoms with E-state index in [0.717, 1.165) is 85.3 Å². The number of hydrogen-bond acceptors (Lipinski definition) is 16. The van der Waals surface area contributed by atoms with Crippen molar-refractivity contribution in [2.75, 3.05) is 68.6 Å². The van der Waals surface area contributed by atoms with Crippen molar-refractivity contribution in [3.8, 4) is 23.0 Å². The topological polar surface area (TPSA) is 240 Å². The second kappa shape index (κ2) is 21.1. The Morgan fingerprint density at radius 1 is 0.731 bits per heavy atom. The summed E-state index contributed by atoms with van der Waals surface area (Å²) in [4.78, 5) is 51.5. The number of likely N-dealkylation sites (tertiary alicyclic amines) is 1. The Bertz CT molecular complexity index is 3310. The first-order chi connectivity index (χ1) is 37.9. The minimum absolute atomic E-state index is 0.0737. The molecule has 0 spiro atoms. The zero-order valence-electron chi connectivity index (χ0n) is 44.0. The van der Waals surface area contributed by atoms with Crippen molar-refractivity contribution < 1.29 is 23.5 Å². The Kier molecular flexibility index (Phi) is 13.7. The molecule has 7 aromatic rings. The van der Waals surface area contributed by atoms with Crippen molar-refractivity contribution in [2.24, 2.45) is 0 Å². The average Bonchev–Trinajstić information content (AvgIpc) is 4.18. The number of piperidine rings is 2. The fraction of sp³-hybridized carbons (Fsp3) is 0.404. The number of nitrogens with one attached hydrogen (secondary N) is 8. The molecule has 8 N–H and O–H groups in total. The van der Waals surface area contributed by atoms with Crippen molar-refractivity contribution in [1.29, 1.82) is 0 Å². The van der Waals surface area contributed by atoms with E-state index in [2.05, 4.69) is 74.0 Å². The number of carbonyl (C=O) groups excluding carboxylic acids is 2. The van der Waals surface area contributed by atoms with Crippen LogP contribution in [0.5, 0.6) is 11.5 Å². The molecule has 3 fully saturated rings. The Balaban J connectivity index is 0.697. The molecule has 0 radical (unpaired) electrons. The van der Waals surface area contributed by atoms with Crippen LogP contribution in [0.25, 0.3) is 11.5 Å². The predicted molar refractivity (Wildman–Crippen MR) is 292 cm³/mol. The second-order valence-electron chi connectivity index (χ2n) is 21.9. The molecule has 2 amide bonds. The second-order valence-corrected chi connectivity index (χ2v) is 21.9. The third kappa shape index (κ3) is 10.6. The third-order valence-corrected chi connectivity index (χ3v) is 15.9. The van der Waals surface area contributed by atoms with Gasteiger partial charge in [-0.3, -0.25) is 25.1 Å². The maximum Gasteiger partial charge on any atom is 0.251 e. The average molecular weight is 1060 g/mol. The summed E-state index contributed by atoms with van der Waals surface area (Å²) in [5, 5.41) is 37.2. The summed E-state index contributed by atoms with van der Waals surface area (Å²) in [5.74, 6) is 3.83. The molecule has 0 bridgehead atoms. The predicted octanol–water partition coefficient (Wildman–Crippen LogP) is 7.03. The first kappa shape index (κ1) is 50.8. The fourth-order valence-corrected chi connectivity index (χ4v) is 11.6. The number of H-pyrrole nitrogens is 2. The van der Waals surface area contributed by atoms with Crippen molar-refractivity contribution in [2.45, 2.75) is 93.6 Å². The number of halogens is 1. The number of fused-ring (bicyclic) bond motifs is 2. The lowest BCUT2D eigenvalue weighted by Crippen LogP contribution is -2.47. The van der Waals surface area contributed by atoms with E-state index in [0.29, 0.717) is 85.5 Å². The molecule has 12 rings (SSSR count). The molecule has 3 saturated heterocycles. The summed E-state index contributed by atoms with van der Waals surface area (Å²) in [7, 11) is 2.13. The highest BCUT2D eigenvalue weighted by Crippen LogP contribution is 2.41. The number of hydrogen-bond donors (Lipinski definition) is 8. The summed E-state index contributed by atoms with van der Waals surface area (Å²) in [5.41, 5.74) is 3.39. The number of carbonyl (C=O) groups is 2. The number of rotatable bonds is 13. The first-order valence-electron chi connectivity index (χ1n) is 27.0. The van der Waals surface area contributed by atoms with E-state index in [1.54, 1.807) is 18.5 Å². The van der Waals surface area contributed by atoms with Gasteiger partial charge in [0.05, 0.1) is 36.9 Å². The summed E-state index contributed by atoms with van der Waals surface area (Å²) < 4.78 is 25.8. The van der Waals surface area contributed by atoms with Gasteiger partial charge in [0.25, 0.3) is 11.8 Å². The molecule has 78 heavy (non-hydrogen) atoms. The fourth-order valence-electron chi connectivity index (χ4n) is 11.6. The third-order valence-electron chi connectivity index (χ3n) is 15.9. The van der Waals surface area contributed by atoms with Crippen LogP contribution in [0.4, 0.5) is 21.6 Å². The van der Waals surface area contributed by atoms with Crippen molar-refractivity contribution in [3.05, 3.63) is 149 Å². The molecule has 0 saturated carbocycles. The van der Waals surface area contributed by atoms with Gasteiger partial charge in [-0.1, -0.05) is 36.4 Å². The lowest BCUT2D eigenvalue weighted by atomic mass is 9.86. The molecule has 5 aliphatic heterocycles. The molecule has 5 aliphatic rings. The number of amides is 2. The van der Waals surface area contributed by atoms with Gasteiger partial charge in [0.1, 0.15) is 52.1 Å². The molecule has 4 aromatic carbocycles. The van der Waals surface area contributed by atoms with Gasteiger partial charge in [-0.15, -0.1) is 0 Å². The van der Waals surface area contributed by atoms with Crippen LogP contribution in [0, 0.1) is 5.82 Å². The zero-order valence-corrected chi connectivity index (χ0v) is 44.0. The number of anilines is 3. The van der Waals surface area contributed by atoms with E-state index in [-0.39, 0.29) is 35.8 Å². The highest BCUT2D eigenvalue weighted by Gasteiger charge is 2.41. The van der Waals surface area contributed by atoms with E-state index in [1.165, 1.54) is 12.1 Å². The van der Waals surface area contributed by atoms with Gasteiger partial charge < -0.3 is 45.9 Å². The van der Waals surface area contributed by atoms with Gasteiger partial charge in [0.15, 0.2) is 17.5 Å². The number of aromatic nitrogens is 8.